The van der Waals surface area contributed by atoms with Crippen LogP contribution in [0.1, 0.15) is 17.0 Å². The molecule has 3 heterocycles. The van der Waals surface area contributed by atoms with E-state index in [2.05, 4.69) is 17.0 Å². The first-order valence-electron chi connectivity index (χ1n) is 9.60. The van der Waals surface area contributed by atoms with Crippen molar-refractivity contribution < 1.29 is 13.2 Å². The van der Waals surface area contributed by atoms with E-state index in [1.54, 1.807) is 16.2 Å². The highest BCUT2D eigenvalue weighted by molar-refractivity contribution is 7.91. The van der Waals surface area contributed by atoms with Gasteiger partial charge in [0.2, 0.25) is 5.91 Å². The van der Waals surface area contributed by atoms with Crippen LogP contribution in [0.15, 0.2) is 23.6 Å². The second-order valence-electron chi connectivity index (χ2n) is 7.56. The lowest BCUT2D eigenvalue weighted by Gasteiger charge is -2.28. The van der Waals surface area contributed by atoms with E-state index < -0.39 is 9.84 Å². The van der Waals surface area contributed by atoms with Gasteiger partial charge in [0.05, 0.1) is 35.3 Å². The predicted molar refractivity (Wildman–Crippen MR) is 116 cm³/mol. The van der Waals surface area contributed by atoms with Gasteiger partial charge in [0, 0.05) is 29.2 Å². The van der Waals surface area contributed by atoms with E-state index in [-0.39, 0.29) is 36.5 Å². The molecule has 0 radical (unpaired) electrons. The summed E-state index contributed by atoms with van der Waals surface area (Å²) in [4.78, 5) is 21.2. The molecule has 2 aliphatic heterocycles. The minimum absolute atomic E-state index is 0.0412. The summed E-state index contributed by atoms with van der Waals surface area (Å²) >= 11 is 1.62. The smallest absolute Gasteiger partial charge is 0.241 e. The summed E-state index contributed by atoms with van der Waals surface area (Å²) in [6.07, 6.45) is 6.80. The normalized spacial score (nSPS) is 20.0. The summed E-state index contributed by atoms with van der Waals surface area (Å²) in [6.45, 7) is 3.02. The van der Waals surface area contributed by atoms with Crippen molar-refractivity contribution in [2.45, 2.75) is 25.8 Å². The number of nitrogens with zero attached hydrogens (tertiary/aromatic N) is 3. The van der Waals surface area contributed by atoms with E-state index >= 15 is 0 Å². The van der Waals surface area contributed by atoms with Gasteiger partial charge >= 0.3 is 0 Å². The number of aryl methyl sites for hydroxylation is 1. The third kappa shape index (κ3) is 4.22. The molecule has 1 aromatic heterocycles. The molecular formula is C21H23N3O3S2. The number of carbonyl (C=O) groups is 1. The molecule has 8 heteroatoms. The quantitative estimate of drug-likeness (QED) is 0.681. The number of carbonyl (C=O) groups excluding carboxylic acids is 1. The van der Waals surface area contributed by atoms with Crippen LogP contribution in [0.3, 0.4) is 0 Å². The van der Waals surface area contributed by atoms with Crippen LogP contribution < -0.4 is 4.90 Å². The van der Waals surface area contributed by atoms with Crippen molar-refractivity contribution in [1.29, 1.82) is 0 Å². The van der Waals surface area contributed by atoms with E-state index in [4.69, 9.17) is 6.42 Å². The predicted octanol–water partition coefficient (Wildman–Crippen LogP) is 2.13. The third-order valence-corrected chi connectivity index (χ3v) is 8.07. The number of amides is 1. The van der Waals surface area contributed by atoms with E-state index in [9.17, 15) is 13.2 Å². The summed E-state index contributed by atoms with van der Waals surface area (Å²) in [7, 11) is -3.03. The number of benzene rings is 1. The highest BCUT2D eigenvalue weighted by Gasteiger charge is 2.34. The summed E-state index contributed by atoms with van der Waals surface area (Å²) in [5.41, 5.74) is 4.08. The molecule has 6 nitrogen and oxygen atoms in total. The Kier molecular flexibility index (Phi) is 5.47. The van der Waals surface area contributed by atoms with Gasteiger partial charge in [-0.15, -0.1) is 17.8 Å². The molecule has 0 aliphatic carbocycles. The first-order valence-corrected chi connectivity index (χ1v) is 12.3. The Balaban J connectivity index is 1.50. The van der Waals surface area contributed by atoms with Crippen molar-refractivity contribution in [1.82, 2.24) is 9.88 Å². The van der Waals surface area contributed by atoms with E-state index in [1.807, 2.05) is 29.3 Å². The maximum Gasteiger partial charge on any atom is 0.241 e. The largest absolute Gasteiger partial charge is 0.311 e. The SMILES string of the molecule is C#CCN(CC(=O)N1CCc2cc(-c3csc(C)n3)ccc21)C1CCS(=O)(=O)C1. The van der Waals surface area contributed by atoms with Crippen LogP contribution in [0, 0.1) is 19.3 Å². The first kappa shape index (κ1) is 20.1. The molecule has 1 saturated heterocycles. The fourth-order valence-electron chi connectivity index (χ4n) is 4.07. The number of hydrogen-bond donors (Lipinski definition) is 0. The monoisotopic (exact) mass is 429 g/mol. The zero-order valence-electron chi connectivity index (χ0n) is 16.3. The van der Waals surface area contributed by atoms with Gasteiger partial charge in [-0.1, -0.05) is 12.0 Å². The Morgan fingerprint density at radius 3 is 2.93 bits per heavy atom. The molecule has 2 aliphatic rings. The van der Waals surface area contributed by atoms with Crippen molar-refractivity contribution in [2.75, 3.05) is 36.0 Å². The summed E-state index contributed by atoms with van der Waals surface area (Å²) in [5.74, 6) is 2.77. The van der Waals surface area contributed by atoms with Crippen molar-refractivity contribution >= 4 is 32.8 Å². The lowest BCUT2D eigenvalue weighted by Crippen LogP contribution is -2.45. The van der Waals surface area contributed by atoms with Crippen molar-refractivity contribution in [3.8, 4) is 23.6 Å². The number of hydrogen-bond acceptors (Lipinski definition) is 6. The van der Waals surface area contributed by atoms with Gasteiger partial charge in [-0.2, -0.15) is 0 Å². The highest BCUT2D eigenvalue weighted by atomic mass is 32.2. The van der Waals surface area contributed by atoms with Gasteiger partial charge in [-0.25, -0.2) is 13.4 Å². The fourth-order valence-corrected chi connectivity index (χ4v) is 6.45. The standard InChI is InChI=1S/C21H23N3O3S2/c1-3-8-23(18-7-10-29(26,27)14-18)12-21(25)24-9-6-17-11-16(4-5-20(17)24)19-13-28-15(2)22-19/h1,4-5,11,13,18H,6-10,12,14H2,2H3. The molecule has 1 amide bonds. The molecule has 0 N–H and O–H groups in total. The minimum atomic E-state index is -3.03. The van der Waals surface area contributed by atoms with Crippen molar-refractivity contribution in [2.24, 2.45) is 0 Å². The van der Waals surface area contributed by atoms with Crippen LogP contribution in [-0.4, -0.2) is 61.4 Å². The fraction of sp³-hybridized carbons (Fsp3) is 0.429. The van der Waals surface area contributed by atoms with Gasteiger partial charge in [0.1, 0.15) is 0 Å². The number of sulfone groups is 1. The van der Waals surface area contributed by atoms with Gasteiger partial charge in [-0.05, 0) is 37.5 Å². The lowest BCUT2D eigenvalue weighted by molar-refractivity contribution is -0.119. The maximum absolute atomic E-state index is 13.0. The molecule has 1 unspecified atom stereocenters. The molecule has 1 atom stereocenters. The average Bonchev–Trinajstić information content (AvgIpc) is 3.38. The van der Waals surface area contributed by atoms with Gasteiger partial charge < -0.3 is 4.90 Å². The van der Waals surface area contributed by atoms with E-state index in [0.29, 0.717) is 13.0 Å². The van der Waals surface area contributed by atoms with E-state index in [1.165, 1.54) is 0 Å². The lowest BCUT2D eigenvalue weighted by atomic mass is 10.1. The Bertz CT molecular complexity index is 1080. The number of terminal acetylenes is 1. The summed E-state index contributed by atoms with van der Waals surface area (Å²) in [5, 5.41) is 3.07. The molecule has 4 rings (SSSR count). The number of aromatic nitrogens is 1. The summed E-state index contributed by atoms with van der Waals surface area (Å²) in [6, 6.07) is 5.91. The molecule has 2 aromatic rings. The minimum Gasteiger partial charge on any atom is -0.311 e. The number of thiazole rings is 1. The molecule has 0 spiro atoms. The summed E-state index contributed by atoms with van der Waals surface area (Å²) < 4.78 is 23.7. The Morgan fingerprint density at radius 1 is 1.45 bits per heavy atom. The first-order chi connectivity index (χ1) is 13.9. The van der Waals surface area contributed by atoms with Crippen LogP contribution in [0.4, 0.5) is 5.69 Å². The Morgan fingerprint density at radius 2 is 2.28 bits per heavy atom. The van der Waals surface area contributed by atoms with Crippen LogP contribution in [0.25, 0.3) is 11.3 Å². The zero-order chi connectivity index (χ0) is 20.6. The van der Waals surface area contributed by atoms with Crippen LogP contribution in [0.2, 0.25) is 0 Å². The van der Waals surface area contributed by atoms with Crippen LogP contribution in [0.5, 0.6) is 0 Å². The topological polar surface area (TPSA) is 70.6 Å². The van der Waals surface area contributed by atoms with E-state index in [0.717, 1.165) is 33.9 Å². The molecule has 152 valence electrons. The van der Waals surface area contributed by atoms with Crippen molar-refractivity contribution in [3.05, 3.63) is 34.2 Å². The molecule has 0 saturated carbocycles. The molecule has 1 aromatic carbocycles. The number of fused-ring (bicyclic) bond motifs is 1. The second-order valence-corrected chi connectivity index (χ2v) is 10.8. The zero-order valence-corrected chi connectivity index (χ0v) is 17.9. The molecule has 0 bridgehead atoms. The Hall–Kier alpha value is -2.21. The molecule has 29 heavy (non-hydrogen) atoms. The van der Waals surface area contributed by atoms with Crippen molar-refractivity contribution in [3.63, 3.8) is 0 Å². The molecule has 1 fully saturated rings. The van der Waals surface area contributed by atoms with Crippen LogP contribution >= 0.6 is 11.3 Å². The Labute approximate surface area is 175 Å². The van der Waals surface area contributed by atoms with Crippen LogP contribution in [-0.2, 0) is 21.1 Å². The second kappa shape index (κ2) is 7.90. The molecular weight excluding hydrogens is 406 g/mol. The highest BCUT2D eigenvalue weighted by Crippen LogP contribution is 2.33. The van der Waals surface area contributed by atoms with Gasteiger partial charge in [0.15, 0.2) is 9.84 Å². The number of rotatable bonds is 5. The number of anilines is 1. The van der Waals surface area contributed by atoms with Gasteiger partial charge in [0.25, 0.3) is 0 Å². The maximum atomic E-state index is 13.0. The third-order valence-electron chi connectivity index (χ3n) is 5.55. The average molecular weight is 430 g/mol. The van der Waals surface area contributed by atoms with Gasteiger partial charge in [-0.3, -0.25) is 9.69 Å².